The first kappa shape index (κ1) is 20.4. The first-order chi connectivity index (χ1) is 14.3. The minimum absolute atomic E-state index is 0.162. The normalized spacial score (nSPS) is 13.7. The molecule has 0 saturated carbocycles. The number of alkyl halides is 3. The molecule has 9 heteroatoms. The number of nitrogens with one attached hydrogen (secondary N) is 2. The molecular formula is C21H18ClF3N4O. The summed E-state index contributed by atoms with van der Waals surface area (Å²) in [5.41, 5.74) is 2.42. The Hall–Kier alpha value is -2.84. The minimum atomic E-state index is -4.52. The van der Waals surface area contributed by atoms with Crippen molar-refractivity contribution in [1.29, 1.82) is 0 Å². The lowest BCUT2D eigenvalue weighted by Crippen LogP contribution is -2.24. The van der Waals surface area contributed by atoms with Crippen LogP contribution in [0.3, 0.4) is 0 Å². The largest absolute Gasteiger partial charge is 0.417 e. The van der Waals surface area contributed by atoms with E-state index in [1.807, 2.05) is 12.1 Å². The lowest BCUT2D eigenvalue weighted by atomic mass is 9.98. The molecule has 156 valence electrons. The third-order valence-corrected chi connectivity index (χ3v) is 5.26. The van der Waals surface area contributed by atoms with Gasteiger partial charge in [-0.2, -0.15) is 13.2 Å². The molecule has 5 nitrogen and oxygen atoms in total. The fraction of sp³-hybridized carbons (Fsp3) is 0.238. The molecule has 30 heavy (non-hydrogen) atoms. The summed E-state index contributed by atoms with van der Waals surface area (Å²) < 4.78 is 40.7. The third-order valence-electron chi connectivity index (χ3n) is 4.93. The highest BCUT2D eigenvalue weighted by atomic mass is 35.5. The van der Waals surface area contributed by atoms with Crippen molar-refractivity contribution in [3.63, 3.8) is 0 Å². The van der Waals surface area contributed by atoms with E-state index in [9.17, 15) is 18.0 Å². The number of halogens is 4. The van der Waals surface area contributed by atoms with Crippen LogP contribution in [0.2, 0.25) is 5.02 Å². The number of rotatable bonds is 4. The van der Waals surface area contributed by atoms with Crippen LogP contribution in [0.15, 0.2) is 48.9 Å². The number of hydrogen-bond donors (Lipinski definition) is 2. The second-order valence-electron chi connectivity index (χ2n) is 7.11. The van der Waals surface area contributed by atoms with E-state index in [1.165, 1.54) is 24.0 Å². The summed E-state index contributed by atoms with van der Waals surface area (Å²) in [5.74, 6) is 0.0387. The van der Waals surface area contributed by atoms with Gasteiger partial charge in [-0.05, 0) is 53.9 Å². The van der Waals surface area contributed by atoms with Crippen LogP contribution in [0.4, 0.5) is 19.0 Å². The van der Waals surface area contributed by atoms with Crippen molar-refractivity contribution in [3.8, 4) is 0 Å². The lowest BCUT2D eigenvalue weighted by molar-refractivity contribution is -0.137. The van der Waals surface area contributed by atoms with Gasteiger partial charge in [0.15, 0.2) is 5.82 Å². The lowest BCUT2D eigenvalue weighted by Gasteiger charge is -2.17. The second kappa shape index (κ2) is 8.12. The van der Waals surface area contributed by atoms with Crippen molar-refractivity contribution >= 4 is 23.3 Å². The van der Waals surface area contributed by atoms with Gasteiger partial charge in [0.1, 0.15) is 0 Å². The summed E-state index contributed by atoms with van der Waals surface area (Å²) in [6.45, 7) is 1.83. The molecule has 1 amide bonds. The highest BCUT2D eigenvalue weighted by molar-refractivity contribution is 6.31. The Morgan fingerprint density at radius 2 is 2.03 bits per heavy atom. The average molecular weight is 435 g/mol. The van der Waals surface area contributed by atoms with Crippen LogP contribution in [0, 0.1) is 0 Å². The van der Waals surface area contributed by atoms with Crippen LogP contribution in [0.1, 0.15) is 32.6 Å². The van der Waals surface area contributed by atoms with E-state index >= 15 is 0 Å². The Balaban J connectivity index is 1.45. The Labute approximate surface area is 175 Å². The van der Waals surface area contributed by atoms with Crippen molar-refractivity contribution in [1.82, 2.24) is 14.9 Å². The zero-order valence-corrected chi connectivity index (χ0v) is 16.5. The summed E-state index contributed by atoms with van der Waals surface area (Å²) >= 11 is 5.66. The smallest absolute Gasteiger partial charge is 0.331 e. The Morgan fingerprint density at radius 1 is 1.20 bits per heavy atom. The molecule has 0 saturated heterocycles. The first-order valence-electron chi connectivity index (χ1n) is 9.31. The van der Waals surface area contributed by atoms with E-state index in [1.54, 1.807) is 16.8 Å². The summed E-state index contributed by atoms with van der Waals surface area (Å²) in [6, 6.07) is 9.36. The van der Waals surface area contributed by atoms with Gasteiger partial charge in [-0.3, -0.25) is 4.79 Å². The molecule has 0 bridgehead atoms. The van der Waals surface area contributed by atoms with Gasteiger partial charge in [-0.1, -0.05) is 23.7 Å². The average Bonchev–Trinajstić information content (AvgIpc) is 3.15. The number of carbonyl (C=O) groups is 1. The number of nitrogens with zero attached hydrogens (tertiary/aromatic N) is 2. The van der Waals surface area contributed by atoms with E-state index < -0.39 is 11.7 Å². The molecule has 4 rings (SSSR count). The predicted molar refractivity (Wildman–Crippen MR) is 108 cm³/mol. The van der Waals surface area contributed by atoms with Crippen LogP contribution in [-0.2, 0) is 25.7 Å². The maximum Gasteiger partial charge on any atom is 0.417 e. The van der Waals surface area contributed by atoms with E-state index in [2.05, 4.69) is 15.6 Å². The third kappa shape index (κ3) is 4.49. The molecule has 0 radical (unpaired) electrons. The summed E-state index contributed by atoms with van der Waals surface area (Å²) in [6.07, 6.45) is -0.629. The summed E-state index contributed by atoms with van der Waals surface area (Å²) in [5, 5.41) is 5.67. The first-order valence-corrected chi connectivity index (χ1v) is 9.68. The van der Waals surface area contributed by atoms with Crippen molar-refractivity contribution in [3.05, 3.63) is 81.8 Å². The van der Waals surface area contributed by atoms with E-state index in [0.717, 1.165) is 31.1 Å². The van der Waals surface area contributed by atoms with Gasteiger partial charge >= 0.3 is 6.18 Å². The van der Waals surface area contributed by atoms with Gasteiger partial charge in [-0.15, -0.1) is 0 Å². The molecule has 0 atom stereocenters. The van der Waals surface area contributed by atoms with E-state index in [4.69, 9.17) is 11.6 Å². The van der Waals surface area contributed by atoms with E-state index in [-0.39, 0.29) is 17.5 Å². The summed E-state index contributed by atoms with van der Waals surface area (Å²) in [4.78, 5) is 16.7. The second-order valence-corrected chi connectivity index (χ2v) is 7.51. The molecule has 0 fully saturated rings. The quantitative estimate of drug-likeness (QED) is 0.635. The number of anilines is 1. The number of fused-ring (bicyclic) bond motifs is 1. The molecule has 2 aromatic carbocycles. The van der Waals surface area contributed by atoms with Crippen LogP contribution < -0.4 is 10.6 Å². The maximum absolute atomic E-state index is 13.0. The van der Waals surface area contributed by atoms with Gasteiger partial charge in [0, 0.05) is 24.8 Å². The number of amides is 1. The fourth-order valence-corrected chi connectivity index (χ4v) is 3.64. The van der Waals surface area contributed by atoms with Gasteiger partial charge in [0.05, 0.1) is 16.9 Å². The molecule has 2 heterocycles. The van der Waals surface area contributed by atoms with Crippen molar-refractivity contribution in [2.24, 2.45) is 0 Å². The predicted octanol–water partition coefficient (Wildman–Crippen LogP) is 4.50. The molecule has 1 aromatic heterocycles. The highest BCUT2D eigenvalue weighted by Gasteiger charge is 2.33. The Bertz CT molecular complexity index is 1090. The maximum atomic E-state index is 13.0. The zero-order chi connectivity index (χ0) is 21.3. The number of aromatic nitrogens is 2. The monoisotopic (exact) mass is 434 g/mol. The Kier molecular flexibility index (Phi) is 5.53. The molecule has 3 aromatic rings. The van der Waals surface area contributed by atoms with E-state index in [0.29, 0.717) is 16.9 Å². The zero-order valence-electron chi connectivity index (χ0n) is 15.8. The minimum Gasteiger partial charge on any atom is -0.331 e. The van der Waals surface area contributed by atoms with Crippen LogP contribution >= 0.6 is 11.6 Å². The molecule has 1 aliphatic rings. The van der Waals surface area contributed by atoms with Crippen LogP contribution in [0.5, 0.6) is 0 Å². The molecule has 1 aliphatic heterocycles. The van der Waals surface area contributed by atoms with Crippen LogP contribution in [-0.4, -0.2) is 22.0 Å². The summed E-state index contributed by atoms with van der Waals surface area (Å²) in [7, 11) is 0. The van der Waals surface area contributed by atoms with Crippen molar-refractivity contribution in [2.45, 2.75) is 25.7 Å². The van der Waals surface area contributed by atoms with Gasteiger partial charge in [0.25, 0.3) is 5.91 Å². The standard InChI is InChI=1S/C21H18ClF3N4O/c22-18-4-1-13(7-17(18)21(23,24)25)10-29-11-19(27-12-29)28-20(30)15-2-3-16-9-26-6-5-14(16)8-15/h1-4,7-8,11-12,26H,5-6,9-10H2,(H,28,30). The van der Waals surface area contributed by atoms with Crippen molar-refractivity contribution in [2.75, 3.05) is 11.9 Å². The van der Waals surface area contributed by atoms with Crippen molar-refractivity contribution < 1.29 is 18.0 Å². The molecule has 2 N–H and O–H groups in total. The fourth-order valence-electron chi connectivity index (χ4n) is 3.42. The molecule has 0 aliphatic carbocycles. The topological polar surface area (TPSA) is 59.0 Å². The number of hydrogen-bond acceptors (Lipinski definition) is 3. The molecule has 0 spiro atoms. The highest BCUT2D eigenvalue weighted by Crippen LogP contribution is 2.35. The Morgan fingerprint density at radius 3 is 2.83 bits per heavy atom. The van der Waals surface area contributed by atoms with Crippen LogP contribution in [0.25, 0.3) is 0 Å². The number of carbonyl (C=O) groups excluding carboxylic acids is 1. The van der Waals surface area contributed by atoms with Gasteiger partial charge in [-0.25, -0.2) is 4.98 Å². The number of benzene rings is 2. The number of imidazole rings is 1. The molecule has 0 unspecified atom stereocenters. The van der Waals surface area contributed by atoms with Gasteiger partial charge < -0.3 is 15.2 Å². The van der Waals surface area contributed by atoms with Gasteiger partial charge in [0.2, 0.25) is 0 Å². The SMILES string of the molecule is O=C(Nc1cn(Cc2ccc(Cl)c(C(F)(F)F)c2)cn1)c1ccc2c(c1)CCNC2. The molecular weight excluding hydrogens is 417 g/mol.